The van der Waals surface area contributed by atoms with Crippen LogP contribution in [0.4, 0.5) is 0 Å². The zero-order chi connectivity index (χ0) is 41.7. The summed E-state index contributed by atoms with van der Waals surface area (Å²) in [5.41, 5.74) is 4.75. The van der Waals surface area contributed by atoms with Crippen molar-refractivity contribution in [3.05, 3.63) is 118 Å². The Morgan fingerprint density at radius 2 is 0.807 bits per heavy atom. The van der Waals surface area contributed by atoms with Gasteiger partial charge in [-0.3, -0.25) is 0 Å². The maximum atomic E-state index is 5.63. The Kier molecular flexibility index (Phi) is 51.0. The average molecular weight is 1190 g/mol. The summed E-state index contributed by atoms with van der Waals surface area (Å²) in [6.07, 6.45) is 9.18. The Labute approximate surface area is 428 Å². The number of hydrogen-bond acceptors (Lipinski definition) is 4. The van der Waals surface area contributed by atoms with Crippen LogP contribution in [-0.2, 0) is 0 Å². The Morgan fingerprint density at radius 1 is 0.544 bits per heavy atom. The van der Waals surface area contributed by atoms with Crippen LogP contribution in [0.2, 0.25) is 0 Å². The van der Waals surface area contributed by atoms with Gasteiger partial charge in [0.25, 0.3) is 0 Å². The SMILES string of the molecule is CC(I)I.CCCCOc1c[c-]ccc1C.CCCCOc1c[c-]ccc1C.CCCCOc1c[c-]ccc1C.CCCCOc1cc(Br)ccc1C.CI.[H-].[Li+].[Mg+2]. The van der Waals surface area contributed by atoms with Crippen molar-refractivity contribution in [3.8, 4) is 23.0 Å². The van der Waals surface area contributed by atoms with Gasteiger partial charge in [0.15, 0.2) is 0 Å². The number of ether oxygens (including phenoxy) is 4. The Morgan fingerprint density at radius 3 is 1.07 bits per heavy atom. The summed E-state index contributed by atoms with van der Waals surface area (Å²) >= 11 is 10.2. The molecule has 4 aromatic carbocycles. The molecule has 0 aliphatic rings. The van der Waals surface area contributed by atoms with Gasteiger partial charge in [-0.25, -0.2) is 0 Å². The molecule has 4 rings (SSSR count). The van der Waals surface area contributed by atoms with E-state index in [1.54, 1.807) is 0 Å². The molecule has 0 unspecified atom stereocenters. The molecule has 0 aliphatic heterocycles. The molecule has 0 saturated carbocycles. The second-order valence-corrected chi connectivity index (χ2v) is 19.3. The Balaban J connectivity index is -0.000000202. The summed E-state index contributed by atoms with van der Waals surface area (Å²) in [6, 6.07) is 32.6. The van der Waals surface area contributed by atoms with Gasteiger partial charge in [0.1, 0.15) is 5.75 Å². The average Bonchev–Trinajstić information content (AvgIpc) is 3.17. The minimum atomic E-state index is 0. The predicted molar refractivity (Wildman–Crippen MR) is 275 cm³/mol. The molecule has 0 aliphatic carbocycles. The molecule has 0 saturated heterocycles. The van der Waals surface area contributed by atoms with E-state index in [4.69, 9.17) is 18.9 Å². The number of aryl methyl sites for hydroxylation is 4. The molecule has 4 nitrogen and oxygen atoms in total. The second-order valence-electron chi connectivity index (χ2n) is 12.3. The first-order valence-electron chi connectivity index (χ1n) is 19.3. The zero-order valence-corrected chi connectivity index (χ0v) is 46.3. The van der Waals surface area contributed by atoms with Gasteiger partial charge in [-0.15, -0.1) is 34.9 Å². The monoisotopic (exact) mass is 1190 g/mol. The van der Waals surface area contributed by atoms with Crippen LogP contribution in [0, 0.1) is 45.9 Å². The normalized spacial score (nSPS) is 9.25. The van der Waals surface area contributed by atoms with Crippen molar-refractivity contribution in [1.29, 1.82) is 0 Å². The van der Waals surface area contributed by atoms with Crippen molar-refractivity contribution in [3.63, 3.8) is 0 Å². The smallest absolute Gasteiger partial charge is 1.00 e. The zero-order valence-electron chi connectivity index (χ0n) is 37.8. The van der Waals surface area contributed by atoms with Crippen molar-refractivity contribution in [2.24, 2.45) is 0 Å². The molecule has 0 N–H and O–H groups in total. The number of halogens is 4. The number of hydrogen-bond donors (Lipinski definition) is 0. The summed E-state index contributed by atoms with van der Waals surface area (Å²) in [5.74, 6) is 3.88. The van der Waals surface area contributed by atoms with Crippen LogP contribution >= 0.6 is 83.7 Å². The third-order valence-electron chi connectivity index (χ3n) is 7.27. The first-order chi connectivity index (χ1) is 26.5. The molecule has 0 spiro atoms. The molecule has 0 heterocycles. The maximum absolute atomic E-state index is 5.63. The maximum Gasteiger partial charge on any atom is 2.00 e. The molecule has 312 valence electrons. The van der Waals surface area contributed by atoms with Gasteiger partial charge >= 0.3 is 41.9 Å². The van der Waals surface area contributed by atoms with E-state index in [1.165, 1.54) is 47.9 Å². The van der Waals surface area contributed by atoms with Crippen LogP contribution in [0.25, 0.3) is 0 Å². The van der Waals surface area contributed by atoms with Crippen molar-refractivity contribution < 1.29 is 39.2 Å². The molecular formula is C47H68BrI3LiMgO4-. The fourth-order valence-electron chi connectivity index (χ4n) is 3.98. The summed E-state index contributed by atoms with van der Waals surface area (Å²) in [4.78, 5) is 1.97. The fraction of sp³-hybridized carbons (Fsp3) is 0.489. The van der Waals surface area contributed by atoms with Gasteiger partial charge in [0, 0.05) is 21.7 Å². The largest absolute Gasteiger partial charge is 2.00 e. The van der Waals surface area contributed by atoms with Crippen molar-refractivity contribution in [2.45, 2.75) is 116 Å². The molecule has 0 fully saturated rings. The molecule has 0 radical (unpaired) electrons. The first-order valence-corrected chi connectivity index (χ1v) is 24.8. The summed E-state index contributed by atoms with van der Waals surface area (Å²) < 4.78 is 24.1. The molecule has 0 aromatic heterocycles. The number of rotatable bonds is 16. The quantitative estimate of drug-likeness (QED) is 0.0368. The van der Waals surface area contributed by atoms with Gasteiger partial charge < -0.3 is 20.4 Å². The Hall–Kier alpha value is 0.114. The van der Waals surface area contributed by atoms with E-state index in [0.29, 0.717) is 0 Å². The van der Waals surface area contributed by atoms with Gasteiger partial charge in [-0.1, -0.05) is 164 Å². The van der Waals surface area contributed by atoms with E-state index in [9.17, 15) is 0 Å². The third-order valence-corrected chi connectivity index (χ3v) is 7.76. The van der Waals surface area contributed by atoms with E-state index >= 15 is 0 Å². The van der Waals surface area contributed by atoms with Crippen LogP contribution in [0.1, 0.15) is 110 Å². The number of unbranched alkanes of at least 4 members (excludes halogenated alkanes) is 4. The van der Waals surface area contributed by atoms with E-state index < -0.39 is 0 Å². The molecule has 0 atom stereocenters. The van der Waals surface area contributed by atoms with E-state index in [2.05, 4.69) is 170 Å². The van der Waals surface area contributed by atoms with Crippen molar-refractivity contribution in [2.75, 3.05) is 31.4 Å². The topological polar surface area (TPSA) is 36.9 Å². The second kappa shape index (κ2) is 45.6. The van der Waals surface area contributed by atoms with Crippen molar-refractivity contribution in [1.82, 2.24) is 0 Å². The van der Waals surface area contributed by atoms with Gasteiger partial charge in [-0.2, -0.15) is 54.6 Å². The third kappa shape index (κ3) is 37.6. The van der Waals surface area contributed by atoms with Crippen LogP contribution in [0.5, 0.6) is 23.0 Å². The molecule has 10 heteroatoms. The fourth-order valence-corrected chi connectivity index (χ4v) is 4.32. The molecule has 0 bridgehead atoms. The molecular weight excluding hydrogens is 1120 g/mol. The minimum Gasteiger partial charge on any atom is -1.00 e. The first kappa shape index (κ1) is 63.7. The number of alkyl halides is 3. The summed E-state index contributed by atoms with van der Waals surface area (Å²) in [5, 5.41) is 0. The minimum absolute atomic E-state index is 0. The van der Waals surface area contributed by atoms with Crippen LogP contribution in [0.15, 0.2) is 77.3 Å². The van der Waals surface area contributed by atoms with Crippen molar-refractivity contribution >= 4 is 107 Å². The van der Waals surface area contributed by atoms with Crippen LogP contribution < -0.4 is 37.8 Å². The standard InChI is InChI=1S/C11H15BrO.3C11H15O.C2H4I2.CH3I.Li.Mg.H/c1-3-4-7-13-11-8-10(12)6-5-9(11)2;3*1-3-4-9-12-11-8-6-5-7-10(11)2;1-2(3)4;1-2;;;/h5-6,8H,3-4,7H2,1-2H3;3*5,7-8H,3-4,9H2,1-2H3;2H,1H3;1H3;;;/q;3*-1;;;+1;+2;-1. The van der Waals surface area contributed by atoms with Gasteiger partial charge in [-0.05, 0) is 62.2 Å². The molecule has 4 aromatic rings. The predicted octanol–water partition coefficient (Wildman–Crippen LogP) is 12.8. The van der Waals surface area contributed by atoms with Crippen LogP contribution in [-0.4, -0.2) is 56.3 Å². The van der Waals surface area contributed by atoms with E-state index in [0.717, 1.165) is 81.5 Å². The van der Waals surface area contributed by atoms with Crippen LogP contribution in [0.3, 0.4) is 0 Å². The Bertz CT molecular complexity index is 1350. The molecule has 57 heavy (non-hydrogen) atoms. The van der Waals surface area contributed by atoms with Gasteiger partial charge in [0.2, 0.25) is 0 Å². The molecule has 0 amide bonds. The summed E-state index contributed by atoms with van der Waals surface area (Å²) in [6.45, 7) is 22.3. The summed E-state index contributed by atoms with van der Waals surface area (Å²) in [7, 11) is 0. The van der Waals surface area contributed by atoms with E-state index in [-0.39, 0.29) is 43.3 Å². The number of benzene rings is 4. The van der Waals surface area contributed by atoms with E-state index in [1.807, 2.05) is 71.7 Å². The van der Waals surface area contributed by atoms with Gasteiger partial charge in [0.05, 0.1) is 28.4 Å².